The molecule has 2 aromatic heterocycles. The van der Waals surface area contributed by atoms with E-state index < -0.39 is 6.03 Å². The van der Waals surface area contributed by atoms with Gasteiger partial charge in [-0.15, -0.1) is 0 Å². The summed E-state index contributed by atoms with van der Waals surface area (Å²) in [5, 5.41) is 11.5. The van der Waals surface area contributed by atoms with Crippen LogP contribution in [-0.2, 0) is 6.42 Å². The van der Waals surface area contributed by atoms with Crippen LogP contribution in [0.4, 0.5) is 10.5 Å². The van der Waals surface area contributed by atoms with E-state index in [1.54, 1.807) is 12.3 Å². The second-order valence-corrected chi connectivity index (χ2v) is 6.97. The third-order valence-corrected chi connectivity index (χ3v) is 4.78. The van der Waals surface area contributed by atoms with E-state index in [2.05, 4.69) is 29.0 Å². The zero-order chi connectivity index (χ0) is 21.2. The SMILES string of the molecule is CCN(CC)CCOc1cc(CCCNc2cc(Cl)cn(C(N)=O)c2=N)ccn1. The van der Waals surface area contributed by atoms with E-state index in [9.17, 15) is 4.79 Å². The molecule has 0 aliphatic carbocycles. The first-order valence-corrected chi connectivity index (χ1v) is 10.1. The molecule has 9 heteroatoms. The van der Waals surface area contributed by atoms with Crippen LogP contribution in [0, 0.1) is 5.41 Å². The van der Waals surface area contributed by atoms with Crippen LogP contribution >= 0.6 is 11.6 Å². The first-order chi connectivity index (χ1) is 13.9. The summed E-state index contributed by atoms with van der Waals surface area (Å²) >= 11 is 6.00. The zero-order valence-corrected chi connectivity index (χ0v) is 17.7. The lowest BCUT2D eigenvalue weighted by atomic mass is 10.1. The molecular formula is C20H29ClN6O2. The summed E-state index contributed by atoms with van der Waals surface area (Å²) < 4.78 is 6.78. The Bertz CT molecular complexity index is 866. The molecule has 8 nitrogen and oxygen atoms in total. The number of halogens is 1. The Morgan fingerprint density at radius 2 is 2.14 bits per heavy atom. The number of likely N-dealkylation sites (N-methyl/N-ethyl adjacent to an activating group) is 1. The molecule has 4 N–H and O–H groups in total. The minimum absolute atomic E-state index is 0.0188. The van der Waals surface area contributed by atoms with Gasteiger partial charge in [-0.2, -0.15) is 0 Å². The summed E-state index contributed by atoms with van der Waals surface area (Å²) in [6, 6.07) is 4.79. The number of rotatable bonds is 11. The highest BCUT2D eigenvalue weighted by atomic mass is 35.5. The minimum Gasteiger partial charge on any atom is -0.476 e. The molecule has 0 spiro atoms. The Labute approximate surface area is 176 Å². The van der Waals surface area contributed by atoms with Crippen molar-refractivity contribution in [1.29, 1.82) is 5.41 Å². The van der Waals surface area contributed by atoms with Crippen LogP contribution in [0.1, 0.15) is 25.8 Å². The molecule has 158 valence electrons. The minimum atomic E-state index is -0.745. The van der Waals surface area contributed by atoms with Crippen molar-refractivity contribution >= 4 is 23.3 Å². The lowest BCUT2D eigenvalue weighted by Crippen LogP contribution is -2.33. The number of ether oxygens (including phenoxy) is 1. The Morgan fingerprint density at radius 1 is 1.38 bits per heavy atom. The average Bonchev–Trinajstić information content (AvgIpc) is 2.71. The standard InChI is InChI=1S/C20H29ClN6O2/c1-3-26(4-2)10-11-29-18-12-15(7-9-25-18)6-5-8-24-17-13-16(21)14-27(19(17)22)20(23)28/h7,9,12-14,22,24H,3-6,8,10-11H2,1-2H3,(H2,23,28). The van der Waals surface area contributed by atoms with Gasteiger partial charge in [0.1, 0.15) is 6.61 Å². The van der Waals surface area contributed by atoms with Crippen LogP contribution in [-0.4, -0.2) is 53.3 Å². The van der Waals surface area contributed by atoms with Crippen molar-refractivity contribution in [2.75, 3.05) is 38.1 Å². The quantitative estimate of drug-likeness (QED) is 0.484. The molecule has 0 aliphatic rings. The second-order valence-electron chi connectivity index (χ2n) is 6.54. The molecule has 29 heavy (non-hydrogen) atoms. The Balaban J connectivity index is 1.84. The van der Waals surface area contributed by atoms with Crippen LogP contribution < -0.4 is 21.3 Å². The Hall–Kier alpha value is -2.58. The fourth-order valence-electron chi connectivity index (χ4n) is 2.89. The molecule has 0 fully saturated rings. The van der Waals surface area contributed by atoms with Crippen molar-refractivity contribution in [2.24, 2.45) is 5.73 Å². The predicted molar refractivity (Wildman–Crippen MR) is 115 cm³/mol. The van der Waals surface area contributed by atoms with Gasteiger partial charge in [-0.3, -0.25) is 9.98 Å². The highest BCUT2D eigenvalue weighted by Crippen LogP contribution is 2.13. The van der Waals surface area contributed by atoms with Crippen LogP contribution in [0.5, 0.6) is 5.88 Å². The number of aromatic nitrogens is 2. The van der Waals surface area contributed by atoms with E-state index in [1.807, 2.05) is 12.1 Å². The monoisotopic (exact) mass is 420 g/mol. The number of hydrogen-bond acceptors (Lipinski definition) is 6. The van der Waals surface area contributed by atoms with Crippen molar-refractivity contribution in [2.45, 2.75) is 26.7 Å². The number of pyridine rings is 2. The van der Waals surface area contributed by atoms with Crippen LogP contribution in [0.2, 0.25) is 5.02 Å². The topological polar surface area (TPSA) is 109 Å². The number of anilines is 1. The Kier molecular flexibility index (Phi) is 8.95. The summed E-state index contributed by atoms with van der Waals surface area (Å²) in [6.45, 7) is 8.39. The smallest absolute Gasteiger partial charge is 0.324 e. The normalized spacial score (nSPS) is 10.9. The molecule has 0 atom stereocenters. The number of hydrogen-bond donors (Lipinski definition) is 3. The van der Waals surface area contributed by atoms with Gasteiger partial charge >= 0.3 is 6.03 Å². The lowest BCUT2D eigenvalue weighted by Gasteiger charge is -2.17. The number of primary amides is 1. The van der Waals surface area contributed by atoms with E-state index in [4.69, 9.17) is 27.5 Å². The van der Waals surface area contributed by atoms with Gasteiger partial charge in [-0.05, 0) is 43.6 Å². The summed E-state index contributed by atoms with van der Waals surface area (Å²) in [6.07, 6.45) is 4.73. The third-order valence-electron chi connectivity index (χ3n) is 4.58. The van der Waals surface area contributed by atoms with Crippen LogP contribution in [0.3, 0.4) is 0 Å². The number of carbonyl (C=O) groups excluding carboxylic acids is 1. The summed E-state index contributed by atoms with van der Waals surface area (Å²) in [4.78, 5) is 17.9. The molecule has 0 aromatic carbocycles. The first kappa shape index (κ1) is 22.7. The van der Waals surface area contributed by atoms with E-state index in [-0.39, 0.29) is 5.49 Å². The highest BCUT2D eigenvalue weighted by molar-refractivity contribution is 6.30. The van der Waals surface area contributed by atoms with Gasteiger partial charge in [0.15, 0.2) is 5.49 Å². The van der Waals surface area contributed by atoms with Crippen molar-refractivity contribution in [3.63, 3.8) is 0 Å². The fraction of sp³-hybridized carbons (Fsp3) is 0.450. The second kappa shape index (κ2) is 11.4. The van der Waals surface area contributed by atoms with Crippen LogP contribution in [0.25, 0.3) is 0 Å². The fourth-order valence-corrected chi connectivity index (χ4v) is 3.10. The Morgan fingerprint density at radius 3 is 2.83 bits per heavy atom. The number of nitrogens with zero attached hydrogens (tertiary/aromatic N) is 3. The predicted octanol–water partition coefficient (Wildman–Crippen LogP) is 2.71. The highest BCUT2D eigenvalue weighted by Gasteiger charge is 2.07. The number of nitrogens with one attached hydrogen (secondary N) is 2. The molecule has 1 amide bonds. The number of nitrogens with two attached hydrogens (primary N) is 1. The summed E-state index contributed by atoms with van der Waals surface area (Å²) in [5.74, 6) is 0.633. The molecule has 0 saturated heterocycles. The number of carbonyl (C=O) groups is 1. The van der Waals surface area contributed by atoms with Gasteiger partial charge < -0.3 is 20.7 Å². The van der Waals surface area contributed by atoms with Crippen molar-refractivity contribution in [1.82, 2.24) is 14.5 Å². The van der Waals surface area contributed by atoms with Gasteiger partial charge in [0.05, 0.1) is 10.7 Å². The molecule has 0 bridgehead atoms. The molecule has 2 heterocycles. The van der Waals surface area contributed by atoms with Gasteiger partial charge in [0.25, 0.3) is 0 Å². The van der Waals surface area contributed by atoms with Gasteiger partial charge in [0, 0.05) is 31.5 Å². The maximum Gasteiger partial charge on any atom is 0.324 e. The maximum absolute atomic E-state index is 11.4. The van der Waals surface area contributed by atoms with Gasteiger partial charge in [-0.1, -0.05) is 25.4 Å². The van der Waals surface area contributed by atoms with E-state index in [0.717, 1.165) is 42.6 Å². The van der Waals surface area contributed by atoms with E-state index in [0.29, 0.717) is 29.7 Å². The first-order valence-electron chi connectivity index (χ1n) is 9.75. The summed E-state index contributed by atoms with van der Waals surface area (Å²) in [7, 11) is 0. The molecule has 0 aliphatic heterocycles. The molecule has 2 rings (SSSR count). The molecular weight excluding hydrogens is 392 g/mol. The molecule has 0 radical (unpaired) electrons. The van der Waals surface area contributed by atoms with E-state index >= 15 is 0 Å². The summed E-state index contributed by atoms with van der Waals surface area (Å²) in [5.41, 5.74) is 6.84. The van der Waals surface area contributed by atoms with Crippen LogP contribution in [0.15, 0.2) is 30.6 Å². The van der Waals surface area contributed by atoms with Crippen molar-refractivity contribution in [3.05, 3.63) is 46.7 Å². The maximum atomic E-state index is 11.4. The van der Waals surface area contributed by atoms with E-state index in [1.165, 1.54) is 6.20 Å². The largest absolute Gasteiger partial charge is 0.476 e. The molecule has 0 saturated carbocycles. The number of aryl methyl sites for hydroxylation is 1. The molecule has 0 unspecified atom stereocenters. The van der Waals surface area contributed by atoms with Gasteiger partial charge in [0.2, 0.25) is 5.88 Å². The molecule has 2 aromatic rings. The van der Waals surface area contributed by atoms with Crippen molar-refractivity contribution < 1.29 is 9.53 Å². The van der Waals surface area contributed by atoms with Gasteiger partial charge in [-0.25, -0.2) is 9.78 Å². The zero-order valence-electron chi connectivity index (χ0n) is 16.9. The lowest BCUT2D eigenvalue weighted by molar-refractivity contribution is 0.218. The number of amides is 1. The van der Waals surface area contributed by atoms with Crippen molar-refractivity contribution in [3.8, 4) is 5.88 Å². The third kappa shape index (κ3) is 7.07. The average molecular weight is 421 g/mol.